The van der Waals surface area contributed by atoms with E-state index in [0.29, 0.717) is 5.92 Å². The van der Waals surface area contributed by atoms with Crippen LogP contribution in [0.1, 0.15) is 37.2 Å². The van der Waals surface area contributed by atoms with Gasteiger partial charge in [0.1, 0.15) is 11.6 Å². The molecule has 1 aromatic heterocycles. The highest BCUT2D eigenvalue weighted by Crippen LogP contribution is 2.39. The normalized spacial score (nSPS) is 15.5. The van der Waals surface area contributed by atoms with Crippen LogP contribution < -0.4 is 5.32 Å². The van der Waals surface area contributed by atoms with Gasteiger partial charge in [0.15, 0.2) is 0 Å². The molecule has 1 aliphatic carbocycles. The zero-order valence-electron chi connectivity index (χ0n) is 10.3. The minimum atomic E-state index is 0.682. The fourth-order valence-corrected chi connectivity index (χ4v) is 1.73. The summed E-state index contributed by atoms with van der Waals surface area (Å²) in [6.07, 6.45) is 2.56. The lowest BCUT2D eigenvalue weighted by Gasteiger charge is -2.11. The molecule has 1 heterocycles. The molecule has 4 nitrogen and oxygen atoms in total. The summed E-state index contributed by atoms with van der Waals surface area (Å²) in [7, 11) is 4.08. The molecule has 0 unspecified atom stereocenters. The van der Waals surface area contributed by atoms with E-state index in [1.807, 2.05) is 14.1 Å². The molecule has 0 atom stereocenters. The summed E-state index contributed by atoms with van der Waals surface area (Å²) in [4.78, 5) is 11.2. The summed E-state index contributed by atoms with van der Waals surface area (Å²) < 4.78 is 0. The van der Waals surface area contributed by atoms with Crippen LogP contribution in [0.3, 0.4) is 0 Å². The van der Waals surface area contributed by atoms with Crippen LogP contribution in [0.15, 0.2) is 6.07 Å². The van der Waals surface area contributed by atoms with Crippen molar-refractivity contribution in [3.8, 4) is 0 Å². The zero-order valence-corrected chi connectivity index (χ0v) is 10.3. The standard InChI is InChI=1S/C12H20N4/c1-4-13-11-7-10(9-5-6-9)14-12(15-11)8-16(2)3/h7,9H,4-6,8H2,1-3H3,(H,13,14,15). The van der Waals surface area contributed by atoms with Gasteiger partial charge < -0.3 is 10.2 Å². The molecule has 0 aliphatic heterocycles. The number of rotatable bonds is 5. The number of nitrogens with zero attached hydrogens (tertiary/aromatic N) is 3. The summed E-state index contributed by atoms with van der Waals surface area (Å²) >= 11 is 0. The maximum atomic E-state index is 4.63. The maximum absolute atomic E-state index is 4.63. The number of hydrogen-bond acceptors (Lipinski definition) is 4. The first-order valence-corrected chi connectivity index (χ1v) is 5.95. The Balaban J connectivity index is 2.21. The third-order valence-electron chi connectivity index (χ3n) is 2.60. The molecule has 1 fully saturated rings. The van der Waals surface area contributed by atoms with Gasteiger partial charge in [-0.3, -0.25) is 0 Å². The third-order valence-corrected chi connectivity index (χ3v) is 2.60. The van der Waals surface area contributed by atoms with Crippen molar-refractivity contribution in [3.05, 3.63) is 17.6 Å². The quantitative estimate of drug-likeness (QED) is 0.822. The lowest BCUT2D eigenvalue weighted by molar-refractivity contribution is 0.390. The van der Waals surface area contributed by atoms with Gasteiger partial charge in [-0.1, -0.05) is 0 Å². The van der Waals surface area contributed by atoms with Gasteiger partial charge >= 0.3 is 0 Å². The molecule has 88 valence electrons. The average Bonchev–Trinajstić information content (AvgIpc) is 2.99. The zero-order chi connectivity index (χ0) is 11.5. The van der Waals surface area contributed by atoms with Gasteiger partial charge in [-0.05, 0) is 33.9 Å². The van der Waals surface area contributed by atoms with Crippen LogP contribution in [-0.2, 0) is 6.54 Å². The van der Waals surface area contributed by atoms with Crippen LogP contribution in [0.5, 0.6) is 0 Å². The van der Waals surface area contributed by atoms with Gasteiger partial charge in [-0.2, -0.15) is 0 Å². The first-order valence-electron chi connectivity index (χ1n) is 5.95. The van der Waals surface area contributed by atoms with E-state index in [-0.39, 0.29) is 0 Å². The van der Waals surface area contributed by atoms with Crippen LogP contribution in [0, 0.1) is 0 Å². The third kappa shape index (κ3) is 2.92. The van der Waals surface area contributed by atoms with E-state index >= 15 is 0 Å². The van der Waals surface area contributed by atoms with Crippen LogP contribution in [0.4, 0.5) is 5.82 Å². The monoisotopic (exact) mass is 220 g/mol. The van der Waals surface area contributed by atoms with Crippen LogP contribution in [0.25, 0.3) is 0 Å². The van der Waals surface area contributed by atoms with E-state index in [4.69, 9.17) is 0 Å². The first-order chi connectivity index (χ1) is 7.69. The number of nitrogens with one attached hydrogen (secondary N) is 1. The van der Waals surface area contributed by atoms with E-state index in [2.05, 4.69) is 33.2 Å². The Hall–Kier alpha value is -1.16. The summed E-state index contributed by atoms with van der Waals surface area (Å²) in [6.45, 7) is 3.80. The minimum Gasteiger partial charge on any atom is -0.370 e. The van der Waals surface area contributed by atoms with Crippen molar-refractivity contribution in [1.82, 2.24) is 14.9 Å². The highest BCUT2D eigenvalue weighted by Gasteiger charge is 2.26. The lowest BCUT2D eigenvalue weighted by Crippen LogP contribution is -2.15. The summed E-state index contributed by atoms with van der Waals surface area (Å²) in [5, 5.41) is 3.27. The molecule has 1 N–H and O–H groups in total. The maximum Gasteiger partial charge on any atom is 0.144 e. The molecule has 2 rings (SSSR count). The van der Waals surface area contributed by atoms with Crippen molar-refractivity contribution >= 4 is 5.82 Å². The van der Waals surface area contributed by atoms with E-state index in [9.17, 15) is 0 Å². The van der Waals surface area contributed by atoms with Crippen LogP contribution in [-0.4, -0.2) is 35.5 Å². The molecule has 0 spiro atoms. The predicted molar refractivity (Wildman–Crippen MR) is 65.6 cm³/mol. The summed E-state index contributed by atoms with van der Waals surface area (Å²) in [5.41, 5.74) is 1.21. The number of hydrogen-bond donors (Lipinski definition) is 1. The van der Waals surface area contributed by atoms with Gasteiger partial charge in [-0.15, -0.1) is 0 Å². The fraction of sp³-hybridized carbons (Fsp3) is 0.667. The molecule has 0 bridgehead atoms. The van der Waals surface area contributed by atoms with E-state index in [0.717, 1.165) is 24.7 Å². The second kappa shape index (κ2) is 4.78. The average molecular weight is 220 g/mol. The Morgan fingerprint density at radius 3 is 2.69 bits per heavy atom. The van der Waals surface area contributed by atoms with Crippen LogP contribution >= 0.6 is 0 Å². The van der Waals surface area contributed by atoms with Crippen LogP contribution in [0.2, 0.25) is 0 Å². The molecule has 0 saturated heterocycles. The topological polar surface area (TPSA) is 41.1 Å². The molecule has 16 heavy (non-hydrogen) atoms. The molecule has 0 amide bonds. The van der Waals surface area contributed by atoms with E-state index in [1.165, 1.54) is 18.5 Å². The van der Waals surface area contributed by atoms with E-state index in [1.54, 1.807) is 0 Å². The lowest BCUT2D eigenvalue weighted by atomic mass is 10.2. The van der Waals surface area contributed by atoms with Gasteiger partial charge in [0.25, 0.3) is 0 Å². The smallest absolute Gasteiger partial charge is 0.144 e. The Kier molecular flexibility index (Phi) is 3.39. The van der Waals surface area contributed by atoms with Gasteiger partial charge in [0.2, 0.25) is 0 Å². The van der Waals surface area contributed by atoms with Crippen molar-refractivity contribution in [2.45, 2.75) is 32.2 Å². The Morgan fingerprint density at radius 1 is 1.38 bits per heavy atom. The van der Waals surface area contributed by atoms with Crippen molar-refractivity contribution in [3.63, 3.8) is 0 Å². The second-order valence-corrected chi connectivity index (χ2v) is 4.64. The first kappa shape index (κ1) is 11.3. The number of aromatic nitrogens is 2. The molecule has 4 heteroatoms. The minimum absolute atomic E-state index is 0.682. The molecular formula is C12H20N4. The molecule has 1 saturated carbocycles. The molecule has 1 aromatic rings. The van der Waals surface area contributed by atoms with Gasteiger partial charge in [0.05, 0.1) is 6.54 Å². The Morgan fingerprint density at radius 2 is 2.12 bits per heavy atom. The second-order valence-electron chi connectivity index (χ2n) is 4.64. The predicted octanol–water partition coefficient (Wildman–Crippen LogP) is 1.85. The molecular weight excluding hydrogens is 200 g/mol. The highest BCUT2D eigenvalue weighted by atomic mass is 15.1. The largest absolute Gasteiger partial charge is 0.370 e. The van der Waals surface area contributed by atoms with Crippen molar-refractivity contribution in [1.29, 1.82) is 0 Å². The highest BCUT2D eigenvalue weighted by molar-refractivity contribution is 5.38. The van der Waals surface area contributed by atoms with Gasteiger partial charge in [0, 0.05) is 24.2 Å². The van der Waals surface area contributed by atoms with Gasteiger partial charge in [-0.25, -0.2) is 9.97 Å². The summed E-state index contributed by atoms with van der Waals surface area (Å²) in [6, 6.07) is 2.10. The molecule has 1 aliphatic rings. The SMILES string of the molecule is CCNc1cc(C2CC2)nc(CN(C)C)n1. The van der Waals surface area contributed by atoms with Crippen molar-refractivity contribution in [2.75, 3.05) is 26.0 Å². The fourth-order valence-electron chi connectivity index (χ4n) is 1.73. The number of anilines is 1. The Labute approximate surface area is 97.1 Å². The van der Waals surface area contributed by atoms with Crippen molar-refractivity contribution < 1.29 is 0 Å². The van der Waals surface area contributed by atoms with E-state index < -0.39 is 0 Å². The summed E-state index contributed by atoms with van der Waals surface area (Å²) in [5.74, 6) is 2.57. The van der Waals surface area contributed by atoms with Crippen molar-refractivity contribution in [2.24, 2.45) is 0 Å². The molecule has 0 radical (unpaired) electrons. The molecule has 0 aromatic carbocycles. The Bertz CT molecular complexity index is 358.